The van der Waals surface area contributed by atoms with Gasteiger partial charge >= 0.3 is 0 Å². The third kappa shape index (κ3) is 4.29. The van der Waals surface area contributed by atoms with Gasteiger partial charge in [-0.25, -0.2) is 0 Å². The Labute approximate surface area is 146 Å². The van der Waals surface area contributed by atoms with Crippen LogP contribution in [0.3, 0.4) is 0 Å². The lowest BCUT2D eigenvalue weighted by Gasteiger charge is -2.33. The van der Waals surface area contributed by atoms with Crippen LogP contribution in [0.15, 0.2) is 0 Å². The third-order valence-electron chi connectivity index (χ3n) is 5.74. The standard InChI is InChI=1S/C17H31N3O3S/c21-17(18-16-7-3-1-2-4-8-16)15-9-13-20(14-10-15)24(22,23)19-11-5-6-12-19/h15-16H,1-14H2,(H,18,21). The zero-order valence-electron chi connectivity index (χ0n) is 14.6. The molecule has 0 bridgehead atoms. The summed E-state index contributed by atoms with van der Waals surface area (Å²) in [6.45, 7) is 2.23. The number of carbonyl (C=O) groups is 1. The van der Waals surface area contributed by atoms with Crippen molar-refractivity contribution in [2.24, 2.45) is 5.92 Å². The molecular formula is C17H31N3O3S. The monoisotopic (exact) mass is 357 g/mol. The van der Waals surface area contributed by atoms with Crippen molar-refractivity contribution in [3.8, 4) is 0 Å². The van der Waals surface area contributed by atoms with Gasteiger partial charge in [0.1, 0.15) is 0 Å². The van der Waals surface area contributed by atoms with Crippen molar-refractivity contribution in [1.82, 2.24) is 13.9 Å². The van der Waals surface area contributed by atoms with Crippen molar-refractivity contribution >= 4 is 16.1 Å². The van der Waals surface area contributed by atoms with E-state index in [-0.39, 0.29) is 11.8 Å². The number of nitrogens with one attached hydrogen (secondary N) is 1. The molecule has 2 saturated heterocycles. The minimum Gasteiger partial charge on any atom is -0.353 e. The lowest BCUT2D eigenvalue weighted by molar-refractivity contribution is -0.126. The first-order chi connectivity index (χ1) is 11.6. The maximum atomic E-state index is 12.6. The molecular weight excluding hydrogens is 326 g/mol. The van der Waals surface area contributed by atoms with Crippen LogP contribution in [-0.4, -0.2) is 55.2 Å². The minimum atomic E-state index is -3.31. The van der Waals surface area contributed by atoms with Gasteiger partial charge in [-0.1, -0.05) is 25.7 Å². The fourth-order valence-corrected chi connectivity index (χ4v) is 5.89. The highest BCUT2D eigenvalue weighted by Gasteiger charge is 2.36. The minimum absolute atomic E-state index is 0.0294. The van der Waals surface area contributed by atoms with Gasteiger partial charge in [0.15, 0.2) is 0 Å². The SMILES string of the molecule is O=C(NC1CCCCCC1)C1CCN(S(=O)(=O)N2CCCC2)CC1. The maximum absolute atomic E-state index is 12.6. The molecule has 0 aromatic rings. The number of hydrogen-bond donors (Lipinski definition) is 1. The summed E-state index contributed by atoms with van der Waals surface area (Å²) in [5.74, 6) is 0.110. The average Bonchev–Trinajstić information content (AvgIpc) is 3.02. The summed E-state index contributed by atoms with van der Waals surface area (Å²) in [4.78, 5) is 12.5. The maximum Gasteiger partial charge on any atom is 0.281 e. The number of nitrogens with zero attached hydrogens (tertiary/aromatic N) is 2. The average molecular weight is 358 g/mol. The lowest BCUT2D eigenvalue weighted by atomic mass is 9.96. The Morgan fingerprint density at radius 1 is 0.750 bits per heavy atom. The molecule has 0 atom stereocenters. The molecule has 3 fully saturated rings. The predicted molar refractivity (Wildman–Crippen MR) is 93.7 cm³/mol. The van der Waals surface area contributed by atoms with Crippen LogP contribution in [0.2, 0.25) is 0 Å². The second kappa shape index (κ2) is 8.15. The second-order valence-corrected chi connectivity index (χ2v) is 9.41. The first kappa shape index (κ1) is 18.1. The Morgan fingerprint density at radius 3 is 1.88 bits per heavy atom. The van der Waals surface area contributed by atoms with E-state index in [0.29, 0.717) is 45.1 Å². The molecule has 138 valence electrons. The van der Waals surface area contributed by atoms with E-state index in [1.54, 1.807) is 8.61 Å². The summed E-state index contributed by atoms with van der Waals surface area (Å²) in [5.41, 5.74) is 0. The number of piperidine rings is 1. The molecule has 0 spiro atoms. The highest BCUT2D eigenvalue weighted by atomic mass is 32.2. The van der Waals surface area contributed by atoms with Gasteiger partial charge in [-0.15, -0.1) is 0 Å². The van der Waals surface area contributed by atoms with Crippen LogP contribution in [0.25, 0.3) is 0 Å². The van der Waals surface area contributed by atoms with Crippen LogP contribution in [0.4, 0.5) is 0 Å². The predicted octanol–water partition coefficient (Wildman–Crippen LogP) is 1.88. The molecule has 7 heteroatoms. The van der Waals surface area contributed by atoms with Gasteiger partial charge in [-0.3, -0.25) is 4.79 Å². The van der Waals surface area contributed by atoms with Gasteiger partial charge in [-0.05, 0) is 38.5 Å². The van der Waals surface area contributed by atoms with Gasteiger partial charge < -0.3 is 5.32 Å². The van der Waals surface area contributed by atoms with Crippen LogP contribution in [0.5, 0.6) is 0 Å². The van der Waals surface area contributed by atoms with E-state index in [0.717, 1.165) is 25.7 Å². The zero-order valence-corrected chi connectivity index (χ0v) is 15.4. The molecule has 1 N–H and O–H groups in total. The van der Waals surface area contributed by atoms with Crippen molar-refractivity contribution < 1.29 is 13.2 Å². The van der Waals surface area contributed by atoms with Crippen molar-refractivity contribution in [2.75, 3.05) is 26.2 Å². The molecule has 1 amide bonds. The van der Waals surface area contributed by atoms with E-state index in [2.05, 4.69) is 5.32 Å². The Balaban J connectivity index is 1.48. The number of hydrogen-bond acceptors (Lipinski definition) is 3. The summed E-state index contributed by atoms with van der Waals surface area (Å²) in [7, 11) is -3.31. The molecule has 2 aliphatic heterocycles. The number of carbonyl (C=O) groups excluding carboxylic acids is 1. The van der Waals surface area contributed by atoms with Crippen molar-refractivity contribution in [2.45, 2.75) is 70.3 Å². The van der Waals surface area contributed by atoms with Crippen molar-refractivity contribution in [3.05, 3.63) is 0 Å². The van der Waals surface area contributed by atoms with Gasteiger partial charge in [0.05, 0.1) is 0 Å². The largest absolute Gasteiger partial charge is 0.353 e. The summed E-state index contributed by atoms with van der Waals surface area (Å²) < 4.78 is 28.3. The van der Waals surface area contributed by atoms with Crippen LogP contribution < -0.4 is 5.32 Å². The van der Waals surface area contributed by atoms with E-state index < -0.39 is 10.2 Å². The summed E-state index contributed by atoms with van der Waals surface area (Å²) in [5, 5.41) is 3.22. The molecule has 0 aromatic carbocycles. The Bertz CT molecular complexity index is 515. The quantitative estimate of drug-likeness (QED) is 0.781. The van der Waals surface area contributed by atoms with E-state index >= 15 is 0 Å². The van der Waals surface area contributed by atoms with E-state index in [1.807, 2.05) is 0 Å². The zero-order chi connectivity index (χ0) is 17.0. The van der Waals surface area contributed by atoms with E-state index in [9.17, 15) is 13.2 Å². The molecule has 0 radical (unpaired) electrons. The molecule has 2 heterocycles. The van der Waals surface area contributed by atoms with Gasteiger partial charge in [0.2, 0.25) is 5.91 Å². The molecule has 3 rings (SSSR count). The second-order valence-electron chi connectivity index (χ2n) is 7.48. The number of amides is 1. The normalized spacial score (nSPS) is 26.3. The van der Waals surface area contributed by atoms with Crippen LogP contribution in [-0.2, 0) is 15.0 Å². The van der Waals surface area contributed by atoms with Gasteiger partial charge in [0, 0.05) is 38.1 Å². The smallest absolute Gasteiger partial charge is 0.281 e. The summed E-state index contributed by atoms with van der Waals surface area (Å²) in [6, 6.07) is 0.325. The molecule has 1 aliphatic carbocycles. The number of rotatable bonds is 4. The molecule has 1 saturated carbocycles. The topological polar surface area (TPSA) is 69.7 Å². The molecule has 3 aliphatic rings. The summed E-state index contributed by atoms with van der Waals surface area (Å²) in [6.07, 6.45) is 10.4. The van der Waals surface area contributed by atoms with Crippen LogP contribution in [0, 0.1) is 5.92 Å². The Hall–Kier alpha value is -0.660. The van der Waals surface area contributed by atoms with Gasteiger partial charge in [-0.2, -0.15) is 17.0 Å². The van der Waals surface area contributed by atoms with Crippen molar-refractivity contribution in [1.29, 1.82) is 0 Å². The fourth-order valence-electron chi connectivity index (χ4n) is 4.17. The van der Waals surface area contributed by atoms with Crippen molar-refractivity contribution in [3.63, 3.8) is 0 Å². The molecule has 0 unspecified atom stereocenters. The molecule has 6 nitrogen and oxygen atoms in total. The van der Waals surface area contributed by atoms with Crippen LogP contribution in [0.1, 0.15) is 64.2 Å². The van der Waals surface area contributed by atoms with E-state index in [4.69, 9.17) is 0 Å². The van der Waals surface area contributed by atoms with E-state index in [1.165, 1.54) is 25.7 Å². The molecule has 24 heavy (non-hydrogen) atoms. The van der Waals surface area contributed by atoms with Crippen LogP contribution >= 0.6 is 0 Å². The first-order valence-electron chi connectivity index (χ1n) is 9.63. The highest BCUT2D eigenvalue weighted by Crippen LogP contribution is 2.24. The first-order valence-corrected chi connectivity index (χ1v) is 11.0. The fraction of sp³-hybridized carbons (Fsp3) is 0.941. The highest BCUT2D eigenvalue weighted by molar-refractivity contribution is 7.86. The third-order valence-corrected chi connectivity index (χ3v) is 7.78. The van der Waals surface area contributed by atoms with Gasteiger partial charge in [0.25, 0.3) is 10.2 Å². The molecule has 0 aromatic heterocycles. The lowest BCUT2D eigenvalue weighted by Crippen LogP contribution is -2.49. The Kier molecular flexibility index (Phi) is 6.16. The summed E-state index contributed by atoms with van der Waals surface area (Å²) >= 11 is 0. The Morgan fingerprint density at radius 2 is 1.29 bits per heavy atom.